The van der Waals surface area contributed by atoms with Gasteiger partial charge < -0.3 is 10.1 Å². The Balaban J connectivity index is 1.67. The van der Waals surface area contributed by atoms with Crippen molar-refractivity contribution < 1.29 is 4.74 Å². The summed E-state index contributed by atoms with van der Waals surface area (Å²) in [6.45, 7) is 23.8. The number of ether oxygens (including phenoxy) is 1. The van der Waals surface area contributed by atoms with E-state index in [0.717, 1.165) is 29.3 Å². The zero-order chi connectivity index (χ0) is 34.4. The number of thiol groups is 1. The maximum absolute atomic E-state index is 5.74. The van der Waals surface area contributed by atoms with E-state index in [1.54, 1.807) is 0 Å². The summed E-state index contributed by atoms with van der Waals surface area (Å²) in [6.07, 6.45) is 15.7. The normalized spacial score (nSPS) is 37.1. The van der Waals surface area contributed by atoms with Gasteiger partial charge in [0.05, 0.1) is 22.6 Å². The largest absolute Gasteiger partial charge is 0.382 e. The van der Waals surface area contributed by atoms with Crippen molar-refractivity contribution in [2.75, 3.05) is 12.9 Å². The minimum Gasteiger partial charge on any atom is -0.382 e. The summed E-state index contributed by atoms with van der Waals surface area (Å²) in [5.41, 5.74) is 0. The highest BCUT2D eigenvalue weighted by atomic mass is 32.2. The molecule has 0 aromatic heterocycles. The molecule has 3 aliphatic heterocycles. The lowest BCUT2D eigenvalue weighted by Crippen LogP contribution is -2.53. The summed E-state index contributed by atoms with van der Waals surface area (Å²) < 4.78 is 5.74. The van der Waals surface area contributed by atoms with Crippen LogP contribution in [0.4, 0.5) is 0 Å². The van der Waals surface area contributed by atoms with Crippen molar-refractivity contribution in [2.45, 2.75) is 165 Å². The zero-order valence-electron chi connectivity index (χ0n) is 31.9. The van der Waals surface area contributed by atoms with Crippen LogP contribution in [-0.4, -0.2) is 62.5 Å². The van der Waals surface area contributed by atoms with Gasteiger partial charge in [0.15, 0.2) is 0 Å². The molecule has 4 rings (SSSR count). The Labute approximate surface area is 309 Å². The molecule has 14 unspecified atom stereocenters. The number of allylic oxidation sites excluding steroid dienone is 1. The van der Waals surface area contributed by atoms with Crippen LogP contribution in [0.5, 0.6) is 0 Å². The zero-order valence-corrected chi connectivity index (χ0v) is 35.2. The third-order valence-corrected chi connectivity index (χ3v) is 17.6. The molecule has 7 heteroatoms. The van der Waals surface area contributed by atoms with E-state index in [1.807, 2.05) is 7.11 Å². The molecule has 1 saturated carbocycles. The molecule has 0 spiro atoms. The molecule has 0 amide bonds. The number of methoxy groups -OCH3 is 1. The molecule has 4 aliphatic rings. The predicted molar refractivity (Wildman–Crippen MR) is 219 cm³/mol. The Kier molecular flexibility index (Phi) is 16.4. The highest BCUT2D eigenvalue weighted by molar-refractivity contribution is 8.14. The second-order valence-corrected chi connectivity index (χ2v) is 21.6. The molecule has 0 aromatic rings. The monoisotopic (exact) mass is 724 g/mol. The van der Waals surface area contributed by atoms with E-state index in [2.05, 4.69) is 122 Å². The van der Waals surface area contributed by atoms with Crippen LogP contribution in [0.3, 0.4) is 0 Å². The van der Waals surface area contributed by atoms with E-state index in [9.17, 15) is 0 Å². The van der Waals surface area contributed by atoms with E-state index in [0.29, 0.717) is 74.6 Å². The molecule has 2 saturated heterocycles. The van der Waals surface area contributed by atoms with E-state index >= 15 is 0 Å². The minimum absolute atomic E-state index is 0.265. The first-order valence-corrected chi connectivity index (χ1v) is 22.9. The summed E-state index contributed by atoms with van der Waals surface area (Å²) in [5, 5.41) is 8.94. The summed E-state index contributed by atoms with van der Waals surface area (Å²) in [7, 11) is 1.85. The molecule has 47 heavy (non-hydrogen) atoms. The first-order valence-electron chi connectivity index (χ1n) is 19.5. The number of aliphatic imine (C=N–C) groups is 1. The average Bonchev–Trinajstić information content (AvgIpc) is 3.62. The van der Waals surface area contributed by atoms with E-state index in [1.165, 1.54) is 50.0 Å². The smallest absolute Gasteiger partial charge is 0.0715 e. The number of rotatable bonds is 16. The van der Waals surface area contributed by atoms with Crippen LogP contribution < -0.4 is 5.32 Å². The Hall–Kier alpha value is 0.730. The molecule has 272 valence electrons. The standard InChI is InChI=1S/C40H72N2OS4/c1-12-25(6)14-16-30(28(9)44)31-17-18-33(37-21-35(31)41-40(47-37)38-19-26(7)29(10)46-38)32(15-13-23(2)3)36-22-45-39(42-36)34(24(4)5)20-27(8)43-11/h13,15,23-38,40-41,44H,12,14,16-22H2,1-11H3/b15-13-/t25?,26?,27?,28?,29?,30?,31-,32?,33?,34?,35?,36?,37?,38?,40?/m1/s1. The highest BCUT2D eigenvalue weighted by Crippen LogP contribution is 2.52. The van der Waals surface area contributed by atoms with Crippen LogP contribution in [0.1, 0.15) is 121 Å². The lowest BCUT2D eigenvalue weighted by molar-refractivity contribution is 0.0978. The predicted octanol–water partition coefficient (Wildman–Crippen LogP) is 11.1. The first kappa shape index (κ1) is 40.5. The van der Waals surface area contributed by atoms with Gasteiger partial charge in [0.2, 0.25) is 0 Å². The van der Waals surface area contributed by atoms with Crippen molar-refractivity contribution in [3.8, 4) is 0 Å². The SMILES string of the molecule is CCC(C)CCC(C(C)S)[C@H]1CCC(C(/C=C\C(C)C)C2CSC(C(CC(C)OC)C(C)C)=N2)C2CC1NC(C1CC(C)C(C)S1)S2. The Morgan fingerprint density at radius 3 is 2.28 bits per heavy atom. The van der Waals surface area contributed by atoms with E-state index in [-0.39, 0.29) is 6.10 Å². The fraction of sp³-hybridized carbons (Fsp3) is 0.925. The van der Waals surface area contributed by atoms with E-state index in [4.69, 9.17) is 22.4 Å². The topological polar surface area (TPSA) is 33.6 Å². The van der Waals surface area contributed by atoms with Gasteiger partial charge in [-0.05, 0) is 86.9 Å². The molecule has 3 heterocycles. The van der Waals surface area contributed by atoms with Crippen LogP contribution in [0, 0.1) is 53.3 Å². The maximum atomic E-state index is 5.74. The van der Waals surface area contributed by atoms with Crippen molar-refractivity contribution in [1.29, 1.82) is 0 Å². The lowest BCUT2D eigenvalue weighted by atomic mass is 9.76. The third-order valence-electron chi connectivity index (χ3n) is 12.5. The minimum atomic E-state index is 0.265. The summed E-state index contributed by atoms with van der Waals surface area (Å²) >= 11 is 11.9. The van der Waals surface area contributed by atoms with Gasteiger partial charge in [-0.2, -0.15) is 24.4 Å². The van der Waals surface area contributed by atoms with Crippen LogP contribution in [0.15, 0.2) is 17.1 Å². The quantitative estimate of drug-likeness (QED) is 0.122. The molecule has 15 atom stereocenters. The second-order valence-electron chi connectivity index (χ2n) is 16.8. The molecular formula is C40H72N2OS4. The Morgan fingerprint density at radius 2 is 1.68 bits per heavy atom. The summed E-state index contributed by atoms with van der Waals surface area (Å²) in [4.78, 5) is 5.68. The summed E-state index contributed by atoms with van der Waals surface area (Å²) in [6, 6.07) is 0.983. The molecule has 0 radical (unpaired) electrons. The number of nitrogens with one attached hydrogen (secondary N) is 1. The highest BCUT2D eigenvalue weighted by Gasteiger charge is 2.49. The van der Waals surface area contributed by atoms with Gasteiger partial charge in [-0.3, -0.25) is 4.99 Å². The van der Waals surface area contributed by atoms with Crippen LogP contribution >= 0.6 is 47.9 Å². The lowest BCUT2D eigenvalue weighted by Gasteiger charge is -2.44. The molecule has 0 aromatic carbocycles. The Bertz CT molecular complexity index is 993. The van der Waals surface area contributed by atoms with Crippen molar-refractivity contribution in [3.05, 3.63) is 12.2 Å². The Morgan fingerprint density at radius 1 is 0.957 bits per heavy atom. The average molecular weight is 725 g/mol. The molecule has 1 aliphatic carbocycles. The van der Waals surface area contributed by atoms with Crippen molar-refractivity contribution in [3.63, 3.8) is 0 Å². The number of hydrogen-bond acceptors (Lipinski definition) is 7. The molecule has 3 nitrogen and oxygen atoms in total. The van der Waals surface area contributed by atoms with Crippen LogP contribution in [-0.2, 0) is 4.74 Å². The van der Waals surface area contributed by atoms with Gasteiger partial charge in [0, 0.05) is 51.7 Å². The van der Waals surface area contributed by atoms with Gasteiger partial charge in [0.1, 0.15) is 0 Å². The van der Waals surface area contributed by atoms with Gasteiger partial charge in [-0.1, -0.05) is 87.3 Å². The van der Waals surface area contributed by atoms with Crippen molar-refractivity contribution >= 4 is 53.0 Å². The fourth-order valence-corrected chi connectivity index (χ4v) is 14.4. The fourth-order valence-electron chi connectivity index (χ4n) is 8.85. The van der Waals surface area contributed by atoms with Gasteiger partial charge >= 0.3 is 0 Å². The molecular weight excluding hydrogens is 653 g/mol. The maximum Gasteiger partial charge on any atom is 0.0715 e. The van der Waals surface area contributed by atoms with Gasteiger partial charge in [-0.15, -0.1) is 23.5 Å². The van der Waals surface area contributed by atoms with Crippen molar-refractivity contribution in [1.82, 2.24) is 5.32 Å². The first-order chi connectivity index (χ1) is 22.3. The van der Waals surface area contributed by atoms with Crippen LogP contribution in [0.2, 0.25) is 0 Å². The van der Waals surface area contributed by atoms with E-state index < -0.39 is 0 Å². The number of thioether (sulfide) groups is 3. The number of hydrogen-bond donors (Lipinski definition) is 2. The molecule has 3 fully saturated rings. The third kappa shape index (κ3) is 10.9. The van der Waals surface area contributed by atoms with Gasteiger partial charge in [0.25, 0.3) is 0 Å². The van der Waals surface area contributed by atoms with Gasteiger partial charge in [-0.25, -0.2) is 0 Å². The molecule has 2 bridgehead atoms. The van der Waals surface area contributed by atoms with Crippen molar-refractivity contribution in [2.24, 2.45) is 58.3 Å². The summed E-state index contributed by atoms with van der Waals surface area (Å²) in [5.74, 6) is 6.92. The molecule has 1 N–H and O–H groups in total. The van der Waals surface area contributed by atoms with Crippen LogP contribution in [0.25, 0.3) is 0 Å². The number of fused-ring (bicyclic) bond motifs is 2. The number of nitrogens with zero attached hydrogens (tertiary/aromatic N) is 1. The second kappa shape index (κ2) is 19.0.